The summed E-state index contributed by atoms with van der Waals surface area (Å²) in [5.41, 5.74) is 4.95. The third-order valence-electron chi connectivity index (χ3n) is 4.81. The van der Waals surface area contributed by atoms with Gasteiger partial charge in [-0.2, -0.15) is 0 Å². The molecule has 2 aromatic rings. The minimum Gasteiger partial charge on any atom is -0.450 e. The number of rotatable bonds is 6. The first-order valence-corrected chi connectivity index (χ1v) is 9.12. The van der Waals surface area contributed by atoms with Gasteiger partial charge in [0.15, 0.2) is 0 Å². The lowest BCUT2D eigenvalue weighted by Crippen LogP contribution is -2.37. The van der Waals surface area contributed by atoms with E-state index in [0.717, 1.165) is 18.7 Å². The van der Waals surface area contributed by atoms with Gasteiger partial charge in [-0.3, -0.25) is 0 Å². The molecule has 1 unspecified atom stereocenters. The molecule has 0 saturated carbocycles. The lowest BCUT2D eigenvalue weighted by atomic mass is 10.0. The molecule has 0 saturated heterocycles. The van der Waals surface area contributed by atoms with Crippen LogP contribution in [0.4, 0.5) is 16.2 Å². The number of hydrogen-bond donors (Lipinski definition) is 1. The molecule has 0 bridgehead atoms. The maximum atomic E-state index is 11.8. The second kappa shape index (κ2) is 8.13. The van der Waals surface area contributed by atoms with E-state index in [1.165, 1.54) is 16.8 Å². The Morgan fingerprint density at radius 3 is 2.62 bits per heavy atom. The predicted molar refractivity (Wildman–Crippen MR) is 106 cm³/mol. The van der Waals surface area contributed by atoms with Crippen LogP contribution in [-0.2, 0) is 11.2 Å². The van der Waals surface area contributed by atoms with Gasteiger partial charge in [-0.1, -0.05) is 30.3 Å². The lowest BCUT2D eigenvalue weighted by Gasteiger charge is -2.31. The minimum absolute atomic E-state index is 0.0688. The Balaban J connectivity index is 1.86. The fraction of sp³-hybridized carbons (Fsp3) is 0.381. The van der Waals surface area contributed by atoms with Crippen LogP contribution in [0.15, 0.2) is 48.5 Å². The van der Waals surface area contributed by atoms with Crippen molar-refractivity contribution in [1.82, 2.24) is 5.32 Å². The summed E-state index contributed by atoms with van der Waals surface area (Å²) in [6, 6.07) is 17.1. The van der Waals surface area contributed by atoms with Crippen LogP contribution in [0.3, 0.4) is 0 Å². The molecule has 1 aliphatic rings. The molecule has 1 aliphatic heterocycles. The topological polar surface area (TPSA) is 44.8 Å². The van der Waals surface area contributed by atoms with Gasteiger partial charge in [-0.05, 0) is 42.7 Å². The highest BCUT2D eigenvalue weighted by atomic mass is 16.5. The molecule has 3 rings (SSSR count). The minimum atomic E-state index is -0.366. The maximum Gasteiger partial charge on any atom is 0.407 e. The summed E-state index contributed by atoms with van der Waals surface area (Å²) in [4.78, 5) is 16.3. The molecule has 1 atom stereocenters. The van der Waals surface area contributed by atoms with Crippen molar-refractivity contribution in [3.8, 4) is 0 Å². The summed E-state index contributed by atoms with van der Waals surface area (Å²) in [6.07, 6.45) is 0.664. The van der Waals surface area contributed by atoms with Gasteiger partial charge in [0.1, 0.15) is 0 Å². The smallest absolute Gasteiger partial charge is 0.407 e. The van der Waals surface area contributed by atoms with Gasteiger partial charge in [0.05, 0.1) is 12.6 Å². The number of carbonyl (C=O) groups excluding carboxylic acids is 1. The van der Waals surface area contributed by atoms with Crippen LogP contribution >= 0.6 is 0 Å². The lowest BCUT2D eigenvalue weighted by molar-refractivity contribution is 0.151. The molecular weight excluding hydrogens is 326 g/mol. The van der Waals surface area contributed by atoms with Gasteiger partial charge >= 0.3 is 6.09 Å². The van der Waals surface area contributed by atoms with E-state index in [1.807, 2.05) is 21.0 Å². The standard InChI is InChI=1S/C21H27N3O2/c1-4-26-21(25)22-15-20(17-9-11-18(12-10-17)23(2)3)24-14-13-16-7-5-6-8-19(16)24/h5-12,20H,4,13-15H2,1-3H3,(H,22,25). The number of para-hydroxylation sites is 1. The molecule has 0 aliphatic carbocycles. The number of anilines is 2. The Bertz CT molecular complexity index is 743. The monoisotopic (exact) mass is 353 g/mol. The van der Waals surface area contributed by atoms with Gasteiger partial charge in [0, 0.05) is 38.6 Å². The molecule has 5 nitrogen and oxygen atoms in total. The van der Waals surface area contributed by atoms with Crippen LogP contribution in [-0.4, -0.2) is 39.9 Å². The first-order chi connectivity index (χ1) is 12.6. The zero-order chi connectivity index (χ0) is 18.5. The molecule has 0 radical (unpaired) electrons. The van der Waals surface area contributed by atoms with E-state index in [0.29, 0.717) is 13.2 Å². The van der Waals surface area contributed by atoms with E-state index in [9.17, 15) is 4.79 Å². The van der Waals surface area contributed by atoms with Gasteiger partial charge in [0.2, 0.25) is 0 Å². The van der Waals surface area contributed by atoms with Crippen molar-refractivity contribution in [1.29, 1.82) is 0 Å². The summed E-state index contributed by atoms with van der Waals surface area (Å²) < 4.78 is 5.04. The van der Waals surface area contributed by atoms with E-state index in [-0.39, 0.29) is 12.1 Å². The van der Waals surface area contributed by atoms with E-state index >= 15 is 0 Å². The van der Waals surface area contributed by atoms with Crippen molar-refractivity contribution in [2.45, 2.75) is 19.4 Å². The highest BCUT2D eigenvalue weighted by Gasteiger charge is 2.27. The maximum absolute atomic E-state index is 11.8. The summed E-state index contributed by atoms with van der Waals surface area (Å²) in [5.74, 6) is 0. The van der Waals surface area contributed by atoms with Crippen LogP contribution in [0, 0.1) is 0 Å². The number of amides is 1. The van der Waals surface area contributed by atoms with Crippen molar-refractivity contribution in [2.24, 2.45) is 0 Å². The van der Waals surface area contributed by atoms with Gasteiger partial charge < -0.3 is 19.9 Å². The Kier molecular flexibility index (Phi) is 5.66. The quantitative estimate of drug-likeness (QED) is 0.862. The van der Waals surface area contributed by atoms with E-state index in [4.69, 9.17) is 4.74 Å². The molecule has 0 fully saturated rings. The Morgan fingerprint density at radius 1 is 1.19 bits per heavy atom. The van der Waals surface area contributed by atoms with Crippen LogP contribution in [0.5, 0.6) is 0 Å². The summed E-state index contributed by atoms with van der Waals surface area (Å²) in [7, 11) is 4.07. The Labute approximate surface area is 155 Å². The highest BCUT2D eigenvalue weighted by Crippen LogP contribution is 2.35. The molecule has 1 heterocycles. The summed E-state index contributed by atoms with van der Waals surface area (Å²) >= 11 is 0. The number of benzene rings is 2. The largest absolute Gasteiger partial charge is 0.450 e. The molecule has 138 valence electrons. The number of nitrogens with one attached hydrogen (secondary N) is 1. The number of ether oxygens (including phenoxy) is 1. The second-order valence-electron chi connectivity index (χ2n) is 6.68. The van der Waals surface area contributed by atoms with Crippen LogP contribution in [0.1, 0.15) is 24.1 Å². The highest BCUT2D eigenvalue weighted by molar-refractivity contribution is 5.67. The van der Waals surface area contributed by atoms with Crippen molar-refractivity contribution < 1.29 is 9.53 Å². The van der Waals surface area contributed by atoms with E-state index in [2.05, 4.69) is 63.6 Å². The fourth-order valence-corrected chi connectivity index (χ4v) is 3.45. The third-order valence-corrected chi connectivity index (χ3v) is 4.81. The molecule has 0 aromatic heterocycles. The van der Waals surface area contributed by atoms with E-state index in [1.54, 1.807) is 0 Å². The molecule has 0 spiro atoms. The fourth-order valence-electron chi connectivity index (χ4n) is 3.45. The third kappa shape index (κ3) is 3.93. The van der Waals surface area contributed by atoms with E-state index < -0.39 is 0 Å². The number of carbonyl (C=O) groups is 1. The molecule has 5 heteroatoms. The molecule has 2 aromatic carbocycles. The average molecular weight is 353 g/mol. The molecule has 26 heavy (non-hydrogen) atoms. The predicted octanol–water partition coefficient (Wildman–Crippen LogP) is 3.60. The summed E-state index contributed by atoms with van der Waals surface area (Å²) in [5, 5.41) is 2.91. The Morgan fingerprint density at radius 2 is 1.92 bits per heavy atom. The number of alkyl carbamates (subject to hydrolysis) is 1. The van der Waals surface area contributed by atoms with Gasteiger partial charge in [-0.25, -0.2) is 4.79 Å². The zero-order valence-electron chi connectivity index (χ0n) is 15.7. The SMILES string of the molecule is CCOC(=O)NCC(c1ccc(N(C)C)cc1)N1CCc2ccccc21. The zero-order valence-corrected chi connectivity index (χ0v) is 15.7. The molecular formula is C21H27N3O2. The van der Waals surface area contributed by atoms with Crippen molar-refractivity contribution >= 4 is 17.5 Å². The van der Waals surface area contributed by atoms with Crippen LogP contribution in [0.25, 0.3) is 0 Å². The van der Waals surface area contributed by atoms with Crippen molar-refractivity contribution in [3.63, 3.8) is 0 Å². The first kappa shape index (κ1) is 18.1. The normalized spacial score (nSPS) is 13.9. The average Bonchev–Trinajstić information content (AvgIpc) is 3.07. The van der Waals surface area contributed by atoms with Crippen molar-refractivity contribution in [3.05, 3.63) is 59.7 Å². The van der Waals surface area contributed by atoms with Crippen LogP contribution < -0.4 is 15.1 Å². The van der Waals surface area contributed by atoms with Gasteiger partial charge in [0.25, 0.3) is 0 Å². The molecule has 1 amide bonds. The first-order valence-electron chi connectivity index (χ1n) is 9.12. The number of fused-ring (bicyclic) bond motifs is 1. The van der Waals surface area contributed by atoms with Crippen LogP contribution in [0.2, 0.25) is 0 Å². The number of hydrogen-bond acceptors (Lipinski definition) is 4. The second-order valence-corrected chi connectivity index (χ2v) is 6.68. The van der Waals surface area contributed by atoms with Gasteiger partial charge in [-0.15, -0.1) is 0 Å². The Hall–Kier alpha value is -2.69. The number of nitrogens with zero attached hydrogens (tertiary/aromatic N) is 2. The van der Waals surface area contributed by atoms with Crippen molar-refractivity contribution in [2.75, 3.05) is 43.6 Å². The summed E-state index contributed by atoms with van der Waals surface area (Å²) in [6.45, 7) is 3.65. The molecule has 1 N–H and O–H groups in total.